The molecule has 3 rings (SSSR count). The van der Waals surface area contributed by atoms with Crippen LogP contribution >= 0.6 is 34.5 Å². The van der Waals surface area contributed by atoms with Crippen molar-refractivity contribution < 1.29 is 14.3 Å². The topological polar surface area (TPSA) is 47.6 Å². The van der Waals surface area contributed by atoms with Crippen molar-refractivity contribution in [1.29, 1.82) is 0 Å². The number of hydrogen-bond donors (Lipinski definition) is 1. The lowest BCUT2D eigenvalue weighted by molar-refractivity contribution is 0.103. The molecule has 1 aromatic heterocycles. The van der Waals surface area contributed by atoms with Crippen molar-refractivity contribution in [2.24, 2.45) is 0 Å². The first-order chi connectivity index (χ1) is 12.5. The molecule has 0 spiro atoms. The molecule has 0 unspecified atom stereocenters. The zero-order valence-corrected chi connectivity index (χ0v) is 16.1. The zero-order valence-electron chi connectivity index (χ0n) is 13.8. The maximum atomic E-state index is 12.3. The molecule has 0 saturated heterocycles. The van der Waals surface area contributed by atoms with Crippen LogP contribution in [0.4, 0.5) is 5.69 Å². The molecular weight excluding hydrogens is 393 g/mol. The van der Waals surface area contributed by atoms with Gasteiger partial charge < -0.3 is 14.8 Å². The largest absolute Gasteiger partial charge is 0.497 e. The Kier molecular flexibility index (Phi) is 6.04. The predicted octanol–water partition coefficient (Wildman–Crippen LogP) is 5.89. The monoisotopic (exact) mass is 407 g/mol. The van der Waals surface area contributed by atoms with Crippen molar-refractivity contribution in [2.75, 3.05) is 12.4 Å². The molecule has 0 aliphatic rings. The van der Waals surface area contributed by atoms with Crippen LogP contribution in [0.5, 0.6) is 11.5 Å². The van der Waals surface area contributed by atoms with Gasteiger partial charge in [-0.2, -0.15) is 0 Å². The molecule has 0 fully saturated rings. The van der Waals surface area contributed by atoms with E-state index in [1.807, 2.05) is 29.6 Å². The molecule has 7 heteroatoms. The molecule has 4 nitrogen and oxygen atoms in total. The number of carbonyl (C=O) groups is 1. The third-order valence-corrected chi connectivity index (χ3v) is 5.24. The molecule has 1 heterocycles. The van der Waals surface area contributed by atoms with Crippen LogP contribution in [0.3, 0.4) is 0 Å². The van der Waals surface area contributed by atoms with E-state index in [2.05, 4.69) is 5.32 Å². The fourth-order valence-electron chi connectivity index (χ4n) is 2.18. The van der Waals surface area contributed by atoms with Gasteiger partial charge in [-0.1, -0.05) is 23.2 Å². The lowest BCUT2D eigenvalue weighted by Gasteiger charge is -2.06. The van der Waals surface area contributed by atoms with Crippen molar-refractivity contribution in [2.45, 2.75) is 6.61 Å². The molecule has 2 aromatic carbocycles. The molecule has 0 bridgehead atoms. The maximum Gasteiger partial charge on any atom is 0.265 e. The minimum atomic E-state index is -0.205. The van der Waals surface area contributed by atoms with Gasteiger partial charge in [0.1, 0.15) is 18.1 Å². The Bertz CT molecular complexity index is 909. The van der Waals surface area contributed by atoms with Crippen molar-refractivity contribution in [3.8, 4) is 11.5 Å². The van der Waals surface area contributed by atoms with Gasteiger partial charge in [0, 0.05) is 11.3 Å². The minimum absolute atomic E-state index is 0.205. The van der Waals surface area contributed by atoms with Gasteiger partial charge in [-0.3, -0.25) is 4.79 Å². The van der Waals surface area contributed by atoms with Gasteiger partial charge in [-0.05, 0) is 53.9 Å². The van der Waals surface area contributed by atoms with Gasteiger partial charge in [-0.25, -0.2) is 0 Å². The third-order valence-electron chi connectivity index (χ3n) is 3.52. The normalized spacial score (nSPS) is 10.4. The molecule has 26 heavy (non-hydrogen) atoms. The van der Waals surface area contributed by atoms with Gasteiger partial charge in [0.15, 0.2) is 0 Å². The summed E-state index contributed by atoms with van der Waals surface area (Å²) >= 11 is 13.2. The number of amides is 1. The summed E-state index contributed by atoms with van der Waals surface area (Å²) in [4.78, 5) is 12.9. The molecule has 0 saturated carbocycles. The first-order valence-electron chi connectivity index (χ1n) is 7.66. The Morgan fingerprint density at radius 2 is 1.77 bits per heavy atom. The van der Waals surface area contributed by atoms with E-state index in [1.54, 1.807) is 31.4 Å². The molecule has 0 radical (unpaired) electrons. The summed E-state index contributed by atoms with van der Waals surface area (Å²) in [6.45, 7) is 0.378. The highest BCUT2D eigenvalue weighted by atomic mass is 35.5. The highest BCUT2D eigenvalue weighted by Crippen LogP contribution is 2.26. The van der Waals surface area contributed by atoms with Crippen molar-refractivity contribution in [1.82, 2.24) is 0 Å². The molecule has 0 aliphatic heterocycles. The van der Waals surface area contributed by atoms with E-state index >= 15 is 0 Å². The van der Waals surface area contributed by atoms with Gasteiger partial charge >= 0.3 is 0 Å². The second-order valence-corrected chi connectivity index (χ2v) is 7.09. The van der Waals surface area contributed by atoms with E-state index in [4.69, 9.17) is 32.7 Å². The Hall–Kier alpha value is -2.21. The molecule has 0 atom stereocenters. The van der Waals surface area contributed by atoms with Crippen LogP contribution in [-0.4, -0.2) is 13.0 Å². The van der Waals surface area contributed by atoms with Gasteiger partial charge in [-0.15, -0.1) is 11.3 Å². The molecule has 3 aromatic rings. The summed E-state index contributed by atoms with van der Waals surface area (Å²) in [6.07, 6.45) is 0. The van der Waals surface area contributed by atoms with Crippen LogP contribution in [0, 0.1) is 0 Å². The summed E-state index contributed by atoms with van der Waals surface area (Å²) in [6, 6.07) is 14.1. The fraction of sp³-hybridized carbons (Fsp3) is 0.105. The van der Waals surface area contributed by atoms with Crippen molar-refractivity contribution in [3.05, 3.63) is 74.4 Å². The summed E-state index contributed by atoms with van der Waals surface area (Å²) in [5.74, 6) is 1.30. The van der Waals surface area contributed by atoms with Crippen LogP contribution in [-0.2, 0) is 6.61 Å². The molecule has 134 valence electrons. The molecule has 1 amide bonds. The van der Waals surface area contributed by atoms with Crippen molar-refractivity contribution >= 4 is 46.1 Å². The fourth-order valence-corrected chi connectivity index (χ4v) is 3.27. The zero-order chi connectivity index (χ0) is 18.5. The van der Waals surface area contributed by atoms with E-state index in [1.165, 1.54) is 11.3 Å². The number of ether oxygens (including phenoxy) is 2. The smallest absolute Gasteiger partial charge is 0.265 e. The number of thiophene rings is 1. The Balaban J connectivity index is 1.59. The van der Waals surface area contributed by atoms with E-state index in [9.17, 15) is 4.79 Å². The van der Waals surface area contributed by atoms with E-state index in [0.717, 1.165) is 17.1 Å². The summed E-state index contributed by atoms with van der Waals surface area (Å²) in [5.41, 5.74) is 1.51. The second-order valence-electron chi connectivity index (χ2n) is 5.37. The molecule has 1 N–H and O–H groups in total. The van der Waals surface area contributed by atoms with Gasteiger partial charge in [0.25, 0.3) is 5.91 Å². The SMILES string of the molecule is COc1ccc(OCc2csc(C(=O)Nc3ccc(Cl)c(Cl)c3)c2)cc1. The van der Waals surface area contributed by atoms with E-state index < -0.39 is 0 Å². The predicted molar refractivity (Wildman–Crippen MR) is 106 cm³/mol. The number of halogens is 2. The third kappa shape index (κ3) is 4.69. The number of rotatable bonds is 6. The number of methoxy groups -OCH3 is 1. The van der Waals surface area contributed by atoms with Crippen molar-refractivity contribution in [3.63, 3.8) is 0 Å². The average Bonchev–Trinajstić information content (AvgIpc) is 3.13. The second kappa shape index (κ2) is 8.45. The Labute approximate surface area is 165 Å². The highest BCUT2D eigenvalue weighted by Gasteiger charge is 2.11. The van der Waals surface area contributed by atoms with E-state index in [0.29, 0.717) is 27.2 Å². The van der Waals surface area contributed by atoms with E-state index in [-0.39, 0.29) is 5.91 Å². The summed E-state index contributed by atoms with van der Waals surface area (Å²) in [7, 11) is 1.62. The maximum absolute atomic E-state index is 12.3. The van der Waals surface area contributed by atoms with Gasteiger partial charge in [0.05, 0.1) is 22.0 Å². The lowest BCUT2D eigenvalue weighted by atomic mass is 10.3. The van der Waals surface area contributed by atoms with Gasteiger partial charge in [0.2, 0.25) is 0 Å². The van der Waals surface area contributed by atoms with Crippen LogP contribution in [0.2, 0.25) is 10.0 Å². The number of nitrogens with one attached hydrogen (secondary N) is 1. The minimum Gasteiger partial charge on any atom is -0.497 e. The van der Waals surface area contributed by atoms with Crippen LogP contribution in [0.1, 0.15) is 15.2 Å². The van der Waals surface area contributed by atoms with Crippen LogP contribution in [0.15, 0.2) is 53.9 Å². The number of anilines is 1. The molecular formula is C19H15Cl2NO3S. The Morgan fingerprint density at radius 1 is 1.04 bits per heavy atom. The summed E-state index contributed by atoms with van der Waals surface area (Å²) in [5, 5.41) is 5.53. The standard InChI is InChI=1S/C19H15Cl2NO3S/c1-24-14-3-5-15(6-4-14)25-10-12-8-18(26-11-12)19(23)22-13-2-7-16(20)17(21)9-13/h2-9,11H,10H2,1H3,(H,22,23). The number of benzene rings is 2. The number of carbonyl (C=O) groups excluding carboxylic acids is 1. The Morgan fingerprint density at radius 3 is 2.46 bits per heavy atom. The first kappa shape index (κ1) is 18.6. The summed E-state index contributed by atoms with van der Waals surface area (Å²) < 4.78 is 10.8. The lowest BCUT2D eigenvalue weighted by Crippen LogP contribution is -2.10. The average molecular weight is 408 g/mol. The number of hydrogen-bond acceptors (Lipinski definition) is 4. The highest BCUT2D eigenvalue weighted by molar-refractivity contribution is 7.12. The quantitative estimate of drug-likeness (QED) is 0.553. The van der Waals surface area contributed by atoms with Crippen LogP contribution in [0.25, 0.3) is 0 Å². The first-order valence-corrected chi connectivity index (χ1v) is 9.29. The van der Waals surface area contributed by atoms with Crippen LogP contribution < -0.4 is 14.8 Å². The molecule has 0 aliphatic carbocycles.